The molecule has 0 atom stereocenters. The molecule has 6 N–H and O–H groups in total. The molecule has 0 saturated carbocycles. The first kappa shape index (κ1) is 24.8. The van der Waals surface area contributed by atoms with Crippen molar-refractivity contribution >= 4 is 0 Å². The largest absolute Gasteiger partial charge is 0.395 e. The minimum absolute atomic E-state index is 0.244. The number of unbranched alkanes of at least 4 members (excludes halogenated alkanes) is 6. The first-order valence-electron chi connectivity index (χ1n) is 10.3. The van der Waals surface area contributed by atoms with E-state index in [1.54, 1.807) is 0 Å². The van der Waals surface area contributed by atoms with Gasteiger partial charge in [-0.15, -0.1) is 0 Å². The van der Waals surface area contributed by atoms with Gasteiger partial charge in [-0.3, -0.25) is 0 Å². The molecule has 0 rings (SSSR count). The van der Waals surface area contributed by atoms with Gasteiger partial charge < -0.3 is 31.5 Å². The van der Waals surface area contributed by atoms with Crippen molar-refractivity contribution in [1.82, 2.24) is 9.80 Å². The molecule has 0 aliphatic rings. The van der Waals surface area contributed by atoms with Gasteiger partial charge in [-0.2, -0.15) is 0 Å². The number of hydrogen-bond donors (Lipinski definition) is 4. The van der Waals surface area contributed by atoms with Crippen LogP contribution in [-0.2, 0) is 0 Å². The van der Waals surface area contributed by atoms with E-state index >= 15 is 0 Å². The zero-order valence-corrected chi connectivity index (χ0v) is 16.4. The van der Waals surface area contributed by atoms with Gasteiger partial charge in [0, 0.05) is 13.1 Å². The molecule has 0 aromatic carbocycles. The summed E-state index contributed by atoms with van der Waals surface area (Å²) in [5.41, 5.74) is 11.1. The molecule has 25 heavy (non-hydrogen) atoms. The topological polar surface area (TPSA) is 99.0 Å². The number of aliphatic hydroxyl groups excluding tert-OH is 2. The average Bonchev–Trinajstić information content (AvgIpc) is 2.61. The van der Waals surface area contributed by atoms with Gasteiger partial charge in [-0.1, -0.05) is 19.3 Å². The van der Waals surface area contributed by atoms with E-state index in [1.165, 1.54) is 32.1 Å². The summed E-state index contributed by atoms with van der Waals surface area (Å²) in [6.07, 6.45) is 10.6. The van der Waals surface area contributed by atoms with Crippen molar-refractivity contribution in [2.75, 3.05) is 65.6 Å². The van der Waals surface area contributed by atoms with Crippen molar-refractivity contribution < 1.29 is 10.2 Å². The maximum atomic E-state index is 9.14. The summed E-state index contributed by atoms with van der Waals surface area (Å²) in [7, 11) is 0. The SMILES string of the molecule is NCCCCN(CCO)CCCCCCCN(CCO)CCCCN. The van der Waals surface area contributed by atoms with E-state index in [4.69, 9.17) is 21.7 Å². The van der Waals surface area contributed by atoms with E-state index in [0.717, 1.165) is 78.0 Å². The van der Waals surface area contributed by atoms with Crippen LogP contribution in [0.5, 0.6) is 0 Å². The van der Waals surface area contributed by atoms with Gasteiger partial charge in [0.1, 0.15) is 0 Å². The summed E-state index contributed by atoms with van der Waals surface area (Å²) in [6.45, 7) is 7.84. The average molecular weight is 361 g/mol. The lowest BCUT2D eigenvalue weighted by Crippen LogP contribution is -2.29. The van der Waals surface area contributed by atoms with Gasteiger partial charge in [0.2, 0.25) is 0 Å². The van der Waals surface area contributed by atoms with Crippen molar-refractivity contribution in [2.45, 2.75) is 57.8 Å². The Hall–Kier alpha value is -0.240. The normalized spacial score (nSPS) is 11.8. The second-order valence-corrected chi connectivity index (χ2v) is 6.89. The van der Waals surface area contributed by atoms with Crippen LogP contribution >= 0.6 is 0 Å². The lowest BCUT2D eigenvalue weighted by Gasteiger charge is -2.22. The molecule has 6 heteroatoms. The minimum Gasteiger partial charge on any atom is -0.395 e. The molecule has 152 valence electrons. The molecular weight excluding hydrogens is 316 g/mol. The van der Waals surface area contributed by atoms with E-state index in [0.29, 0.717) is 0 Å². The highest BCUT2D eigenvalue weighted by Crippen LogP contribution is 2.07. The molecule has 0 aromatic heterocycles. The smallest absolute Gasteiger partial charge is 0.0558 e. The van der Waals surface area contributed by atoms with Gasteiger partial charge in [0.05, 0.1) is 13.2 Å². The predicted octanol–water partition coefficient (Wildman–Crippen LogP) is 1.00. The minimum atomic E-state index is 0.244. The van der Waals surface area contributed by atoms with Crippen molar-refractivity contribution in [3.05, 3.63) is 0 Å². The van der Waals surface area contributed by atoms with Crippen LogP contribution in [0, 0.1) is 0 Å². The highest BCUT2D eigenvalue weighted by molar-refractivity contribution is 4.61. The lowest BCUT2D eigenvalue weighted by atomic mass is 10.1. The lowest BCUT2D eigenvalue weighted by molar-refractivity contribution is 0.188. The first-order valence-corrected chi connectivity index (χ1v) is 10.3. The van der Waals surface area contributed by atoms with Crippen LogP contribution in [-0.4, -0.2) is 85.6 Å². The van der Waals surface area contributed by atoms with E-state index in [1.807, 2.05) is 0 Å². The van der Waals surface area contributed by atoms with Gasteiger partial charge in [-0.25, -0.2) is 0 Å². The van der Waals surface area contributed by atoms with Crippen molar-refractivity contribution in [3.63, 3.8) is 0 Å². The van der Waals surface area contributed by atoms with Gasteiger partial charge in [0.15, 0.2) is 0 Å². The first-order chi connectivity index (χ1) is 12.3. The summed E-state index contributed by atoms with van der Waals surface area (Å²) in [6, 6.07) is 0. The summed E-state index contributed by atoms with van der Waals surface area (Å²) in [5.74, 6) is 0. The van der Waals surface area contributed by atoms with Crippen LogP contribution in [0.25, 0.3) is 0 Å². The Morgan fingerprint density at radius 3 is 1.08 bits per heavy atom. The Balaban J connectivity index is 3.63. The summed E-state index contributed by atoms with van der Waals surface area (Å²) >= 11 is 0. The monoisotopic (exact) mass is 360 g/mol. The third-order valence-electron chi connectivity index (χ3n) is 4.64. The molecule has 0 unspecified atom stereocenters. The Labute approximate surface area is 155 Å². The van der Waals surface area contributed by atoms with Gasteiger partial charge in [-0.05, 0) is 77.8 Å². The molecule has 6 nitrogen and oxygen atoms in total. The van der Waals surface area contributed by atoms with E-state index < -0.39 is 0 Å². The van der Waals surface area contributed by atoms with E-state index in [-0.39, 0.29) is 13.2 Å². The molecule has 0 bridgehead atoms. The third kappa shape index (κ3) is 17.0. The molecule has 0 fully saturated rings. The number of hydrogen-bond acceptors (Lipinski definition) is 6. The molecule has 0 aliphatic heterocycles. The highest BCUT2D eigenvalue weighted by atomic mass is 16.3. The number of rotatable bonds is 20. The van der Waals surface area contributed by atoms with Crippen molar-refractivity contribution in [3.8, 4) is 0 Å². The quantitative estimate of drug-likeness (QED) is 0.242. The zero-order chi connectivity index (χ0) is 18.6. The fourth-order valence-electron chi connectivity index (χ4n) is 3.11. The van der Waals surface area contributed by atoms with Crippen LogP contribution in [0.1, 0.15) is 57.8 Å². The molecule has 0 aromatic rings. The molecule has 0 spiro atoms. The zero-order valence-electron chi connectivity index (χ0n) is 16.4. The maximum Gasteiger partial charge on any atom is 0.0558 e. The standard InChI is InChI=1S/C19H44N4O2/c20-10-4-8-14-22(16-18-24)12-6-2-1-3-7-13-23(17-19-25)15-9-5-11-21/h24-25H,1-21H2. The number of nitrogens with zero attached hydrogens (tertiary/aromatic N) is 2. The number of nitrogens with two attached hydrogens (primary N) is 2. The van der Waals surface area contributed by atoms with Crippen LogP contribution < -0.4 is 11.5 Å². The van der Waals surface area contributed by atoms with Crippen LogP contribution in [0.4, 0.5) is 0 Å². The van der Waals surface area contributed by atoms with Crippen LogP contribution in [0.3, 0.4) is 0 Å². The van der Waals surface area contributed by atoms with E-state index in [2.05, 4.69) is 9.80 Å². The Kier molecular flexibility index (Phi) is 19.9. The molecule has 0 amide bonds. The van der Waals surface area contributed by atoms with Gasteiger partial charge >= 0.3 is 0 Å². The molecular formula is C19H44N4O2. The molecule has 0 saturated heterocycles. The molecule has 0 aliphatic carbocycles. The molecule has 0 radical (unpaired) electrons. The Morgan fingerprint density at radius 2 is 0.760 bits per heavy atom. The fourth-order valence-corrected chi connectivity index (χ4v) is 3.11. The summed E-state index contributed by atoms with van der Waals surface area (Å²) < 4.78 is 0. The predicted molar refractivity (Wildman–Crippen MR) is 107 cm³/mol. The number of aliphatic hydroxyl groups is 2. The van der Waals surface area contributed by atoms with Crippen molar-refractivity contribution in [2.24, 2.45) is 11.5 Å². The summed E-state index contributed by atoms with van der Waals surface area (Å²) in [5, 5.41) is 18.3. The fraction of sp³-hybridized carbons (Fsp3) is 1.00. The summed E-state index contributed by atoms with van der Waals surface area (Å²) in [4.78, 5) is 4.71. The van der Waals surface area contributed by atoms with Crippen molar-refractivity contribution in [1.29, 1.82) is 0 Å². The van der Waals surface area contributed by atoms with E-state index in [9.17, 15) is 0 Å². The molecule has 0 heterocycles. The second-order valence-electron chi connectivity index (χ2n) is 6.89. The maximum absolute atomic E-state index is 9.14. The Bertz CT molecular complexity index is 234. The van der Waals surface area contributed by atoms with Crippen LogP contribution in [0.2, 0.25) is 0 Å². The highest BCUT2D eigenvalue weighted by Gasteiger charge is 2.05. The Morgan fingerprint density at radius 1 is 0.440 bits per heavy atom. The second kappa shape index (κ2) is 20.1. The third-order valence-corrected chi connectivity index (χ3v) is 4.64. The van der Waals surface area contributed by atoms with Gasteiger partial charge in [0.25, 0.3) is 0 Å². The van der Waals surface area contributed by atoms with Crippen LogP contribution in [0.15, 0.2) is 0 Å².